The largest absolute Gasteiger partial charge is 0.481 e. The van der Waals surface area contributed by atoms with E-state index in [9.17, 15) is 14.4 Å². The molecule has 0 saturated heterocycles. The van der Waals surface area contributed by atoms with Crippen LogP contribution < -0.4 is 10.6 Å². The van der Waals surface area contributed by atoms with Crippen molar-refractivity contribution in [2.45, 2.75) is 12.5 Å². The Hall–Kier alpha value is -2.60. The maximum Gasteiger partial charge on any atom is 0.326 e. The van der Waals surface area contributed by atoms with Gasteiger partial charge in [0.2, 0.25) is 0 Å². The number of carboxylic acid groups (broad SMARTS) is 2. The molecular weight excluding hydrogens is 346 g/mol. The minimum Gasteiger partial charge on any atom is -0.481 e. The standard InChI is InChI=1S/C12H10BrN3O5/c13-7-2-1-6(5-14)8(3-7)15-12(21)16-9(11(19)20)4-10(17)18/h1-3,9H,4H2,(H,17,18)(H,19,20)(H2,15,16,21)/t9-/m1/s1. The molecule has 9 heteroatoms. The quantitative estimate of drug-likeness (QED) is 0.628. The molecule has 0 heterocycles. The van der Waals surface area contributed by atoms with Gasteiger partial charge in [-0.2, -0.15) is 5.26 Å². The fourth-order valence-corrected chi connectivity index (χ4v) is 1.77. The summed E-state index contributed by atoms with van der Waals surface area (Å²) in [5.41, 5.74) is 0.349. The average Bonchev–Trinajstić information content (AvgIpc) is 2.37. The lowest BCUT2D eigenvalue weighted by Gasteiger charge is -2.14. The number of halogens is 1. The summed E-state index contributed by atoms with van der Waals surface area (Å²) >= 11 is 3.17. The second-order valence-electron chi connectivity index (χ2n) is 3.89. The first-order chi connectivity index (χ1) is 9.83. The number of nitrogens with zero attached hydrogens (tertiary/aromatic N) is 1. The van der Waals surface area contributed by atoms with Crippen molar-refractivity contribution in [1.29, 1.82) is 5.26 Å². The van der Waals surface area contributed by atoms with Crippen molar-refractivity contribution in [3.05, 3.63) is 28.2 Å². The molecule has 0 bridgehead atoms. The minimum atomic E-state index is -1.57. The number of carbonyl (C=O) groups excluding carboxylic acids is 1. The second kappa shape index (κ2) is 7.25. The molecule has 1 rings (SSSR count). The minimum absolute atomic E-state index is 0.170. The van der Waals surface area contributed by atoms with Gasteiger partial charge < -0.3 is 20.8 Å². The van der Waals surface area contributed by atoms with Crippen LogP contribution in [0.2, 0.25) is 0 Å². The molecule has 8 nitrogen and oxygen atoms in total. The van der Waals surface area contributed by atoms with Crippen molar-refractivity contribution >= 4 is 39.6 Å². The van der Waals surface area contributed by atoms with Gasteiger partial charge in [0.15, 0.2) is 0 Å². The van der Waals surface area contributed by atoms with Crippen LogP contribution in [0.1, 0.15) is 12.0 Å². The summed E-state index contributed by atoms with van der Waals surface area (Å²) in [7, 11) is 0. The third kappa shape index (κ3) is 5.12. The molecule has 0 aliphatic rings. The first-order valence-electron chi connectivity index (χ1n) is 5.55. The number of benzene rings is 1. The average molecular weight is 356 g/mol. The molecule has 2 amide bonds. The number of rotatable bonds is 5. The molecule has 0 aromatic heterocycles. The van der Waals surface area contributed by atoms with Gasteiger partial charge in [-0.1, -0.05) is 15.9 Å². The van der Waals surface area contributed by atoms with Crippen molar-refractivity contribution in [3.8, 4) is 6.07 Å². The number of nitrogens with one attached hydrogen (secondary N) is 2. The lowest BCUT2D eigenvalue weighted by Crippen LogP contribution is -2.44. The predicted octanol–water partition coefficient (Wildman–Crippen LogP) is 1.37. The van der Waals surface area contributed by atoms with Crippen LogP contribution in [0.4, 0.5) is 10.5 Å². The van der Waals surface area contributed by atoms with Crippen LogP contribution in [0.15, 0.2) is 22.7 Å². The van der Waals surface area contributed by atoms with Crippen molar-refractivity contribution in [1.82, 2.24) is 5.32 Å². The highest BCUT2D eigenvalue weighted by Gasteiger charge is 2.23. The third-order valence-corrected chi connectivity index (χ3v) is 2.83. The van der Waals surface area contributed by atoms with Crippen LogP contribution in [0.25, 0.3) is 0 Å². The van der Waals surface area contributed by atoms with Gasteiger partial charge in [-0.3, -0.25) is 4.79 Å². The fourth-order valence-electron chi connectivity index (χ4n) is 1.41. The molecule has 0 aliphatic carbocycles. The number of urea groups is 1. The molecule has 0 fully saturated rings. The van der Waals surface area contributed by atoms with Crippen molar-refractivity contribution < 1.29 is 24.6 Å². The molecule has 1 aromatic rings. The van der Waals surface area contributed by atoms with Gasteiger partial charge in [0, 0.05) is 4.47 Å². The van der Waals surface area contributed by atoms with Crippen LogP contribution in [0, 0.1) is 11.3 Å². The summed E-state index contributed by atoms with van der Waals surface area (Å²) in [5, 5.41) is 30.6. The number of carboxylic acids is 2. The number of hydrogen-bond donors (Lipinski definition) is 4. The maximum atomic E-state index is 11.7. The van der Waals surface area contributed by atoms with Gasteiger partial charge in [-0.05, 0) is 18.2 Å². The van der Waals surface area contributed by atoms with Gasteiger partial charge in [-0.15, -0.1) is 0 Å². The summed E-state index contributed by atoms with van der Waals surface area (Å²) in [6.45, 7) is 0. The highest BCUT2D eigenvalue weighted by molar-refractivity contribution is 9.10. The first-order valence-corrected chi connectivity index (χ1v) is 6.34. The molecule has 0 saturated carbocycles. The maximum absolute atomic E-state index is 11.7. The van der Waals surface area contributed by atoms with Gasteiger partial charge in [0.1, 0.15) is 12.1 Å². The van der Waals surface area contributed by atoms with E-state index in [-0.39, 0.29) is 11.3 Å². The van der Waals surface area contributed by atoms with E-state index in [1.807, 2.05) is 11.4 Å². The zero-order valence-electron chi connectivity index (χ0n) is 10.5. The number of anilines is 1. The van der Waals surface area contributed by atoms with Crippen LogP contribution in [0.3, 0.4) is 0 Å². The Balaban J connectivity index is 2.81. The van der Waals surface area contributed by atoms with E-state index in [2.05, 4.69) is 21.2 Å². The Morgan fingerprint density at radius 2 is 2.00 bits per heavy atom. The van der Waals surface area contributed by atoms with E-state index in [0.717, 1.165) is 0 Å². The smallest absolute Gasteiger partial charge is 0.326 e. The third-order valence-electron chi connectivity index (χ3n) is 2.33. The molecule has 1 aromatic carbocycles. The van der Waals surface area contributed by atoms with E-state index in [4.69, 9.17) is 15.5 Å². The zero-order valence-corrected chi connectivity index (χ0v) is 12.0. The molecule has 21 heavy (non-hydrogen) atoms. The number of aliphatic carboxylic acids is 2. The van der Waals surface area contributed by atoms with Crippen molar-refractivity contribution in [2.75, 3.05) is 5.32 Å². The summed E-state index contributed by atoms with van der Waals surface area (Å²) in [6, 6.07) is 3.91. The Kier molecular flexibility index (Phi) is 5.68. The molecular formula is C12H10BrN3O5. The Bertz CT molecular complexity index is 626. The van der Waals surface area contributed by atoms with E-state index >= 15 is 0 Å². The van der Waals surface area contributed by atoms with Gasteiger partial charge in [-0.25, -0.2) is 9.59 Å². The van der Waals surface area contributed by atoms with Crippen molar-refractivity contribution in [3.63, 3.8) is 0 Å². The second-order valence-corrected chi connectivity index (χ2v) is 4.80. The zero-order chi connectivity index (χ0) is 16.0. The van der Waals surface area contributed by atoms with E-state index in [0.29, 0.717) is 4.47 Å². The fraction of sp³-hybridized carbons (Fsp3) is 0.167. The lowest BCUT2D eigenvalue weighted by atomic mass is 10.2. The SMILES string of the molecule is N#Cc1ccc(Br)cc1NC(=O)N[C@H](CC(=O)O)C(=O)O. The Labute approximate surface area is 127 Å². The van der Waals surface area contributed by atoms with Crippen LogP contribution in [0.5, 0.6) is 0 Å². The number of nitriles is 1. The topological polar surface area (TPSA) is 140 Å². The summed E-state index contributed by atoms with van der Waals surface area (Å²) in [4.78, 5) is 33.0. The normalized spacial score (nSPS) is 11.0. The van der Waals surface area contributed by atoms with Crippen LogP contribution in [-0.4, -0.2) is 34.2 Å². The Morgan fingerprint density at radius 3 is 2.52 bits per heavy atom. The molecule has 0 unspecified atom stereocenters. The molecule has 0 radical (unpaired) electrons. The number of amides is 2. The molecule has 4 N–H and O–H groups in total. The van der Waals surface area contributed by atoms with Gasteiger partial charge in [0.05, 0.1) is 17.7 Å². The van der Waals surface area contributed by atoms with Gasteiger partial charge >= 0.3 is 18.0 Å². The molecule has 0 spiro atoms. The summed E-state index contributed by atoms with van der Waals surface area (Å²) in [5.74, 6) is -2.83. The summed E-state index contributed by atoms with van der Waals surface area (Å²) in [6.07, 6.45) is -0.758. The highest BCUT2D eigenvalue weighted by atomic mass is 79.9. The molecule has 1 atom stereocenters. The summed E-state index contributed by atoms with van der Waals surface area (Å²) < 4.78 is 0.608. The predicted molar refractivity (Wildman–Crippen MR) is 74.7 cm³/mol. The van der Waals surface area contributed by atoms with E-state index < -0.39 is 30.4 Å². The molecule has 0 aliphatic heterocycles. The Morgan fingerprint density at radius 1 is 1.33 bits per heavy atom. The van der Waals surface area contributed by atoms with E-state index in [1.54, 1.807) is 6.07 Å². The number of hydrogen-bond acceptors (Lipinski definition) is 4. The van der Waals surface area contributed by atoms with Gasteiger partial charge in [0.25, 0.3) is 0 Å². The van der Waals surface area contributed by atoms with Crippen LogP contribution >= 0.6 is 15.9 Å². The van der Waals surface area contributed by atoms with E-state index in [1.165, 1.54) is 12.1 Å². The number of carbonyl (C=O) groups is 3. The van der Waals surface area contributed by atoms with Crippen molar-refractivity contribution in [2.24, 2.45) is 0 Å². The molecule has 110 valence electrons. The monoisotopic (exact) mass is 355 g/mol. The first kappa shape index (κ1) is 16.5. The van der Waals surface area contributed by atoms with Crippen LogP contribution in [-0.2, 0) is 9.59 Å². The highest BCUT2D eigenvalue weighted by Crippen LogP contribution is 2.20. The lowest BCUT2D eigenvalue weighted by molar-refractivity contribution is -0.145.